The lowest BCUT2D eigenvalue weighted by atomic mass is 10.0. The van der Waals surface area contributed by atoms with Crippen LogP contribution in [0.5, 0.6) is 0 Å². The van der Waals surface area contributed by atoms with Crippen molar-refractivity contribution < 1.29 is 34.5 Å². The van der Waals surface area contributed by atoms with E-state index in [1.54, 1.807) is 0 Å². The molecule has 0 spiro atoms. The molecule has 0 aliphatic heterocycles. The van der Waals surface area contributed by atoms with Gasteiger partial charge in [-0.2, -0.15) is 0 Å². The Hall–Kier alpha value is -3.16. The molecule has 2 rings (SSSR count). The molecule has 1 aliphatic carbocycles. The smallest absolute Gasteiger partial charge is 0.335 e. The molecular formula is C13H9NO7. The van der Waals surface area contributed by atoms with Crippen molar-refractivity contribution in [2.45, 2.75) is 0 Å². The number of ketones is 1. The summed E-state index contributed by atoms with van der Waals surface area (Å²) in [5, 5.41) is 29.2. The number of carboxylic acid groups (broad SMARTS) is 2. The summed E-state index contributed by atoms with van der Waals surface area (Å²) in [4.78, 5) is 45.0. The Labute approximate surface area is 117 Å². The van der Waals surface area contributed by atoms with Crippen molar-refractivity contribution in [3.63, 3.8) is 0 Å². The number of carbonyl (C=O) groups is 4. The molecule has 0 saturated heterocycles. The molecular weight excluding hydrogens is 282 g/mol. The van der Waals surface area contributed by atoms with Crippen molar-refractivity contribution in [3.05, 3.63) is 40.5 Å². The quantitative estimate of drug-likeness (QED) is 0.574. The van der Waals surface area contributed by atoms with Crippen LogP contribution in [0.4, 0.5) is 0 Å². The third-order valence-electron chi connectivity index (χ3n) is 2.86. The molecule has 0 fully saturated rings. The first-order valence-corrected chi connectivity index (χ1v) is 5.68. The van der Waals surface area contributed by atoms with Gasteiger partial charge in [0.15, 0.2) is 0 Å². The van der Waals surface area contributed by atoms with Gasteiger partial charge in [0, 0.05) is 11.1 Å². The minimum absolute atomic E-state index is 0.0158. The summed E-state index contributed by atoms with van der Waals surface area (Å²) in [6.45, 7) is -0.709. The van der Waals surface area contributed by atoms with Gasteiger partial charge in [-0.25, -0.2) is 4.79 Å². The van der Waals surface area contributed by atoms with E-state index >= 15 is 0 Å². The number of fused-ring (bicyclic) bond motifs is 1. The number of benzene rings is 1. The predicted molar refractivity (Wildman–Crippen MR) is 67.9 cm³/mol. The van der Waals surface area contributed by atoms with Gasteiger partial charge in [0.25, 0.3) is 5.91 Å². The first kappa shape index (κ1) is 14.3. The van der Waals surface area contributed by atoms with Crippen molar-refractivity contribution in [2.75, 3.05) is 6.54 Å². The highest BCUT2D eigenvalue weighted by molar-refractivity contribution is 6.34. The van der Waals surface area contributed by atoms with E-state index in [1.165, 1.54) is 12.1 Å². The Morgan fingerprint density at radius 2 is 1.76 bits per heavy atom. The molecule has 0 heterocycles. The number of Topliss-reactive ketones (excluding diaryl/α,β-unsaturated/α-hetero) is 1. The van der Waals surface area contributed by atoms with Crippen LogP contribution in [-0.4, -0.2) is 45.5 Å². The van der Waals surface area contributed by atoms with E-state index in [0.717, 1.165) is 6.07 Å². The van der Waals surface area contributed by atoms with Gasteiger partial charge < -0.3 is 20.6 Å². The second kappa shape index (κ2) is 5.08. The zero-order valence-corrected chi connectivity index (χ0v) is 10.4. The minimum atomic E-state index is -1.31. The number of carboxylic acids is 2. The van der Waals surface area contributed by atoms with Crippen LogP contribution in [0.25, 0.3) is 5.76 Å². The van der Waals surface area contributed by atoms with Crippen LogP contribution in [-0.2, 0) is 9.59 Å². The zero-order chi connectivity index (χ0) is 15.7. The largest absolute Gasteiger partial charge is 0.506 e. The molecule has 1 aromatic rings. The van der Waals surface area contributed by atoms with Gasteiger partial charge in [-0.3, -0.25) is 14.4 Å². The van der Waals surface area contributed by atoms with Crippen molar-refractivity contribution in [3.8, 4) is 0 Å². The highest BCUT2D eigenvalue weighted by atomic mass is 16.4. The number of hydrogen-bond donors (Lipinski definition) is 4. The molecule has 0 atom stereocenters. The molecule has 21 heavy (non-hydrogen) atoms. The van der Waals surface area contributed by atoms with Gasteiger partial charge in [0.2, 0.25) is 5.78 Å². The van der Waals surface area contributed by atoms with Crippen molar-refractivity contribution in [2.24, 2.45) is 0 Å². The second-order valence-corrected chi connectivity index (χ2v) is 4.19. The summed E-state index contributed by atoms with van der Waals surface area (Å²) in [5.41, 5.74) is -0.840. The topological polar surface area (TPSA) is 141 Å². The monoisotopic (exact) mass is 291 g/mol. The van der Waals surface area contributed by atoms with E-state index in [2.05, 4.69) is 0 Å². The SMILES string of the molecule is O=C(O)CNC(=O)C1=C(O)c2cc(C(=O)O)ccc2C1=O. The average molecular weight is 291 g/mol. The fraction of sp³-hybridized carbons (Fsp3) is 0.0769. The van der Waals surface area contributed by atoms with Gasteiger partial charge in [0.05, 0.1) is 5.56 Å². The van der Waals surface area contributed by atoms with Crippen molar-refractivity contribution >= 4 is 29.4 Å². The standard InChI is InChI=1S/C13H9NO7/c15-8(16)4-14-12(19)9-10(17)6-2-1-5(13(20)21)3-7(6)11(9)18/h1-3,18H,4H2,(H,14,19)(H,15,16)(H,20,21). The van der Waals surface area contributed by atoms with E-state index in [1.807, 2.05) is 5.32 Å². The summed E-state index contributed by atoms with van der Waals surface area (Å²) in [6, 6.07) is 3.43. The van der Waals surface area contributed by atoms with E-state index in [0.29, 0.717) is 0 Å². The number of rotatable bonds is 4. The van der Waals surface area contributed by atoms with Crippen LogP contribution in [0.2, 0.25) is 0 Å². The number of carbonyl (C=O) groups excluding carboxylic acids is 2. The van der Waals surface area contributed by atoms with Crippen molar-refractivity contribution in [1.82, 2.24) is 5.32 Å². The maximum absolute atomic E-state index is 12.0. The molecule has 0 saturated carbocycles. The Morgan fingerprint density at radius 3 is 2.33 bits per heavy atom. The van der Waals surface area contributed by atoms with E-state index in [4.69, 9.17) is 10.2 Å². The highest BCUT2D eigenvalue weighted by Gasteiger charge is 2.34. The highest BCUT2D eigenvalue weighted by Crippen LogP contribution is 2.31. The number of hydrogen-bond acceptors (Lipinski definition) is 5. The Balaban J connectivity index is 2.40. The number of amides is 1. The first-order valence-electron chi connectivity index (χ1n) is 5.68. The fourth-order valence-electron chi connectivity index (χ4n) is 1.90. The van der Waals surface area contributed by atoms with E-state index in [-0.39, 0.29) is 16.7 Å². The molecule has 1 aliphatic rings. The normalized spacial score (nSPS) is 13.0. The van der Waals surface area contributed by atoms with Crippen LogP contribution >= 0.6 is 0 Å². The summed E-state index contributed by atoms with van der Waals surface area (Å²) in [6.07, 6.45) is 0. The minimum Gasteiger partial charge on any atom is -0.506 e. The molecule has 8 nitrogen and oxygen atoms in total. The zero-order valence-electron chi connectivity index (χ0n) is 10.4. The number of aliphatic carboxylic acids is 1. The number of aliphatic hydroxyl groups is 1. The lowest BCUT2D eigenvalue weighted by molar-refractivity contribution is -0.137. The lowest BCUT2D eigenvalue weighted by Gasteiger charge is -2.02. The van der Waals surface area contributed by atoms with Gasteiger partial charge in [-0.05, 0) is 18.2 Å². The van der Waals surface area contributed by atoms with Crippen LogP contribution in [0.1, 0.15) is 26.3 Å². The first-order chi connectivity index (χ1) is 9.82. The molecule has 1 amide bonds. The predicted octanol–water partition coefficient (Wildman–Crippen LogP) is 0.0510. The summed E-state index contributed by atoms with van der Waals surface area (Å²) in [5.74, 6) is -5.04. The Bertz CT molecular complexity index is 717. The Kier molecular flexibility index (Phi) is 3.45. The van der Waals surface area contributed by atoms with Crippen molar-refractivity contribution in [1.29, 1.82) is 0 Å². The molecule has 8 heteroatoms. The van der Waals surface area contributed by atoms with Crippen LogP contribution in [0, 0.1) is 0 Å². The van der Waals surface area contributed by atoms with Gasteiger partial charge in [-0.1, -0.05) is 0 Å². The maximum Gasteiger partial charge on any atom is 0.335 e. The summed E-state index contributed by atoms with van der Waals surface area (Å²) < 4.78 is 0. The molecule has 4 N–H and O–H groups in total. The average Bonchev–Trinajstić information content (AvgIpc) is 2.68. The molecule has 0 unspecified atom stereocenters. The third-order valence-corrected chi connectivity index (χ3v) is 2.86. The number of aromatic carboxylic acids is 1. The molecule has 0 radical (unpaired) electrons. The summed E-state index contributed by atoms with van der Waals surface area (Å²) in [7, 11) is 0. The number of aliphatic hydroxyl groups excluding tert-OH is 1. The second-order valence-electron chi connectivity index (χ2n) is 4.19. The Morgan fingerprint density at radius 1 is 1.10 bits per heavy atom. The fourth-order valence-corrected chi connectivity index (χ4v) is 1.90. The van der Waals surface area contributed by atoms with E-state index in [9.17, 15) is 24.3 Å². The van der Waals surface area contributed by atoms with Gasteiger partial charge in [-0.15, -0.1) is 0 Å². The third kappa shape index (κ3) is 2.46. The van der Waals surface area contributed by atoms with Crippen LogP contribution in [0.15, 0.2) is 23.8 Å². The molecule has 1 aromatic carbocycles. The van der Waals surface area contributed by atoms with Crippen LogP contribution < -0.4 is 5.32 Å². The van der Waals surface area contributed by atoms with Gasteiger partial charge >= 0.3 is 11.9 Å². The summed E-state index contributed by atoms with van der Waals surface area (Å²) >= 11 is 0. The molecule has 0 bridgehead atoms. The molecule has 108 valence electrons. The van der Waals surface area contributed by atoms with E-state index < -0.39 is 41.5 Å². The molecule has 0 aromatic heterocycles. The van der Waals surface area contributed by atoms with Crippen LogP contribution in [0.3, 0.4) is 0 Å². The van der Waals surface area contributed by atoms with Gasteiger partial charge in [0.1, 0.15) is 17.9 Å². The maximum atomic E-state index is 12.0. The number of nitrogens with one attached hydrogen (secondary N) is 1. The lowest BCUT2D eigenvalue weighted by Crippen LogP contribution is -2.32.